The summed E-state index contributed by atoms with van der Waals surface area (Å²) in [4.78, 5) is 0. The molecule has 78 valence electrons. The highest BCUT2D eigenvalue weighted by Crippen LogP contribution is 2.36. The molecule has 2 nitrogen and oxygen atoms in total. The molecule has 1 atom stereocenters. The third-order valence-electron chi connectivity index (χ3n) is 1.90. The summed E-state index contributed by atoms with van der Waals surface area (Å²) in [6, 6.07) is 2.93. The third kappa shape index (κ3) is 1.98. The van der Waals surface area contributed by atoms with Gasteiger partial charge in [-0.1, -0.05) is 6.07 Å². The minimum absolute atomic E-state index is 0.0417. The molecule has 1 rings (SSSR count). The van der Waals surface area contributed by atoms with Crippen LogP contribution in [0.15, 0.2) is 18.2 Å². The number of hydrogen-bond acceptors (Lipinski definition) is 2. The maximum absolute atomic E-state index is 12.5. The number of alkyl halides is 3. The van der Waals surface area contributed by atoms with Gasteiger partial charge in [-0.15, -0.1) is 0 Å². The van der Waals surface area contributed by atoms with E-state index in [1.165, 1.54) is 19.1 Å². The Labute approximate surface area is 79.7 Å². The largest absolute Gasteiger partial charge is 0.416 e. The van der Waals surface area contributed by atoms with E-state index < -0.39 is 17.8 Å². The average Bonchev–Trinajstić information content (AvgIpc) is 2.01. The van der Waals surface area contributed by atoms with Gasteiger partial charge in [-0.2, -0.15) is 13.2 Å². The first-order valence-electron chi connectivity index (χ1n) is 4.05. The summed E-state index contributed by atoms with van der Waals surface area (Å²) in [7, 11) is 0. The minimum atomic E-state index is -4.40. The molecule has 0 unspecified atom stereocenters. The molecule has 0 spiro atoms. The molecular weight excluding hydrogens is 193 g/mol. The molecule has 0 aliphatic heterocycles. The lowest BCUT2D eigenvalue weighted by Crippen LogP contribution is -2.17. The molecule has 0 amide bonds. The number of benzene rings is 1. The van der Waals surface area contributed by atoms with Gasteiger partial charge in [0.05, 0.1) is 5.56 Å². The Kier molecular flexibility index (Phi) is 2.71. The molecule has 0 saturated carbocycles. The average molecular weight is 204 g/mol. The molecule has 0 fully saturated rings. The standard InChI is InChI=1S/C9H11F3N2/c1-5(13)8-6(9(10,11)12)3-2-4-7(8)14/h2-5H,13-14H2,1H3/t5-/m0/s1. The zero-order valence-electron chi connectivity index (χ0n) is 7.60. The molecule has 0 radical (unpaired) electrons. The van der Waals surface area contributed by atoms with Crippen molar-refractivity contribution in [2.45, 2.75) is 19.1 Å². The first-order chi connectivity index (χ1) is 6.34. The van der Waals surface area contributed by atoms with Gasteiger partial charge in [0.1, 0.15) is 0 Å². The second kappa shape index (κ2) is 3.49. The molecule has 0 aliphatic carbocycles. The topological polar surface area (TPSA) is 52.0 Å². The normalized spacial score (nSPS) is 14.1. The highest BCUT2D eigenvalue weighted by Gasteiger charge is 2.34. The summed E-state index contributed by atoms with van der Waals surface area (Å²) in [5, 5.41) is 0. The van der Waals surface area contributed by atoms with Gasteiger partial charge in [-0.3, -0.25) is 0 Å². The van der Waals surface area contributed by atoms with E-state index in [1.54, 1.807) is 0 Å². The predicted molar refractivity (Wildman–Crippen MR) is 48.5 cm³/mol. The fraction of sp³-hybridized carbons (Fsp3) is 0.333. The summed E-state index contributed by atoms with van der Waals surface area (Å²) in [5.41, 5.74) is 10.2. The van der Waals surface area contributed by atoms with E-state index in [0.717, 1.165) is 6.07 Å². The fourth-order valence-electron chi connectivity index (χ4n) is 1.34. The van der Waals surface area contributed by atoms with Crippen LogP contribution in [0.25, 0.3) is 0 Å². The lowest BCUT2D eigenvalue weighted by atomic mass is 9.99. The Morgan fingerprint density at radius 1 is 1.29 bits per heavy atom. The summed E-state index contributed by atoms with van der Waals surface area (Å²) in [5.74, 6) is 0. The zero-order chi connectivity index (χ0) is 10.9. The van der Waals surface area contributed by atoms with Gasteiger partial charge in [0.15, 0.2) is 0 Å². The second-order valence-electron chi connectivity index (χ2n) is 3.09. The Hall–Kier alpha value is -1.23. The van der Waals surface area contributed by atoms with Crippen LogP contribution in [0.4, 0.5) is 18.9 Å². The first-order valence-corrected chi connectivity index (χ1v) is 4.05. The Bertz CT molecular complexity index is 331. The van der Waals surface area contributed by atoms with Crippen molar-refractivity contribution in [1.29, 1.82) is 0 Å². The first kappa shape index (κ1) is 10.8. The van der Waals surface area contributed by atoms with Crippen molar-refractivity contribution in [3.05, 3.63) is 29.3 Å². The SMILES string of the molecule is C[C@H](N)c1c(N)cccc1C(F)(F)F. The van der Waals surface area contributed by atoms with Crippen LogP contribution in [-0.2, 0) is 6.18 Å². The van der Waals surface area contributed by atoms with Crippen molar-refractivity contribution in [3.63, 3.8) is 0 Å². The van der Waals surface area contributed by atoms with E-state index in [0.29, 0.717) is 0 Å². The second-order valence-corrected chi connectivity index (χ2v) is 3.09. The molecule has 0 aromatic heterocycles. The highest BCUT2D eigenvalue weighted by atomic mass is 19.4. The fourth-order valence-corrected chi connectivity index (χ4v) is 1.34. The molecule has 5 heteroatoms. The lowest BCUT2D eigenvalue weighted by Gasteiger charge is -2.17. The van der Waals surface area contributed by atoms with Gasteiger partial charge >= 0.3 is 6.18 Å². The Morgan fingerprint density at radius 3 is 2.21 bits per heavy atom. The van der Waals surface area contributed by atoms with Gasteiger partial charge in [0.25, 0.3) is 0 Å². The minimum Gasteiger partial charge on any atom is -0.398 e. The summed E-state index contributed by atoms with van der Waals surface area (Å²) >= 11 is 0. The number of nitrogen functional groups attached to an aromatic ring is 1. The molecule has 1 aromatic carbocycles. The van der Waals surface area contributed by atoms with Crippen LogP contribution in [-0.4, -0.2) is 0 Å². The van der Waals surface area contributed by atoms with Gasteiger partial charge in [0.2, 0.25) is 0 Å². The quantitative estimate of drug-likeness (QED) is 0.689. The Balaban J connectivity index is 3.36. The number of halogens is 3. The molecule has 0 aliphatic rings. The number of rotatable bonds is 1. The van der Waals surface area contributed by atoms with Gasteiger partial charge in [0, 0.05) is 17.3 Å². The smallest absolute Gasteiger partial charge is 0.398 e. The van der Waals surface area contributed by atoms with E-state index in [4.69, 9.17) is 11.5 Å². The van der Waals surface area contributed by atoms with Crippen molar-refractivity contribution >= 4 is 5.69 Å². The number of nitrogens with two attached hydrogens (primary N) is 2. The summed E-state index contributed by atoms with van der Waals surface area (Å²) < 4.78 is 37.4. The summed E-state index contributed by atoms with van der Waals surface area (Å²) in [6.45, 7) is 1.47. The highest BCUT2D eigenvalue weighted by molar-refractivity contribution is 5.53. The van der Waals surface area contributed by atoms with Crippen LogP contribution >= 0.6 is 0 Å². The maximum Gasteiger partial charge on any atom is 0.416 e. The van der Waals surface area contributed by atoms with E-state index in [9.17, 15) is 13.2 Å². The predicted octanol–water partition coefficient (Wildman–Crippen LogP) is 2.31. The van der Waals surface area contributed by atoms with Crippen LogP contribution < -0.4 is 11.5 Å². The van der Waals surface area contributed by atoms with E-state index in [-0.39, 0.29) is 11.3 Å². The number of anilines is 1. The van der Waals surface area contributed by atoms with Gasteiger partial charge < -0.3 is 11.5 Å². The molecule has 0 bridgehead atoms. The van der Waals surface area contributed by atoms with Crippen molar-refractivity contribution in [3.8, 4) is 0 Å². The molecule has 0 heterocycles. The zero-order valence-corrected chi connectivity index (χ0v) is 7.60. The van der Waals surface area contributed by atoms with Gasteiger partial charge in [-0.05, 0) is 19.1 Å². The van der Waals surface area contributed by atoms with Crippen molar-refractivity contribution in [2.75, 3.05) is 5.73 Å². The van der Waals surface area contributed by atoms with Crippen molar-refractivity contribution in [1.82, 2.24) is 0 Å². The van der Waals surface area contributed by atoms with E-state index in [1.807, 2.05) is 0 Å². The van der Waals surface area contributed by atoms with Crippen LogP contribution in [0.3, 0.4) is 0 Å². The number of hydrogen-bond donors (Lipinski definition) is 2. The Morgan fingerprint density at radius 2 is 1.86 bits per heavy atom. The van der Waals surface area contributed by atoms with Gasteiger partial charge in [-0.25, -0.2) is 0 Å². The van der Waals surface area contributed by atoms with Crippen LogP contribution in [0, 0.1) is 0 Å². The molecule has 1 aromatic rings. The van der Waals surface area contributed by atoms with Crippen LogP contribution in [0.1, 0.15) is 24.1 Å². The maximum atomic E-state index is 12.5. The third-order valence-corrected chi connectivity index (χ3v) is 1.90. The van der Waals surface area contributed by atoms with Crippen LogP contribution in [0.2, 0.25) is 0 Å². The molecular formula is C9H11F3N2. The lowest BCUT2D eigenvalue weighted by molar-refractivity contribution is -0.138. The molecule has 14 heavy (non-hydrogen) atoms. The summed E-state index contributed by atoms with van der Waals surface area (Å²) in [6.07, 6.45) is -4.40. The van der Waals surface area contributed by atoms with Crippen LogP contribution in [0.5, 0.6) is 0 Å². The van der Waals surface area contributed by atoms with E-state index in [2.05, 4.69) is 0 Å². The van der Waals surface area contributed by atoms with E-state index >= 15 is 0 Å². The molecule has 4 N–H and O–H groups in total. The monoisotopic (exact) mass is 204 g/mol. The van der Waals surface area contributed by atoms with Crippen molar-refractivity contribution < 1.29 is 13.2 Å². The molecule has 0 saturated heterocycles. The van der Waals surface area contributed by atoms with Crippen molar-refractivity contribution in [2.24, 2.45) is 5.73 Å².